The number of hydrogen-bond acceptors (Lipinski definition) is 5. The van der Waals surface area contributed by atoms with Crippen molar-refractivity contribution < 1.29 is 4.79 Å². The van der Waals surface area contributed by atoms with E-state index >= 15 is 0 Å². The van der Waals surface area contributed by atoms with Crippen LogP contribution in [0.2, 0.25) is 0 Å². The Bertz CT molecular complexity index is 1180. The third kappa shape index (κ3) is 3.81. The minimum absolute atomic E-state index is 0.0448. The third-order valence-electron chi connectivity index (χ3n) is 5.90. The molecule has 5 rings (SSSR count). The topological polar surface area (TPSA) is 62.5 Å². The second-order valence-corrected chi connectivity index (χ2v) is 8.68. The molecule has 4 heterocycles. The van der Waals surface area contributed by atoms with E-state index in [1.54, 1.807) is 11.3 Å². The summed E-state index contributed by atoms with van der Waals surface area (Å²) in [5, 5.41) is 5.40. The summed E-state index contributed by atoms with van der Waals surface area (Å²) in [6.45, 7) is 3.58. The van der Waals surface area contributed by atoms with Crippen molar-refractivity contribution in [2.75, 3.05) is 18.4 Å². The van der Waals surface area contributed by atoms with Gasteiger partial charge in [0.15, 0.2) is 4.96 Å². The average Bonchev–Trinajstić information content (AvgIpc) is 3.54. The molecule has 1 aliphatic heterocycles. The average molecular weight is 432 g/mol. The number of pyridine rings is 1. The lowest BCUT2D eigenvalue weighted by Crippen LogP contribution is -2.40. The number of nitrogens with zero attached hydrogens (tertiary/aromatic N) is 4. The Hall–Kier alpha value is -3.19. The fourth-order valence-corrected chi connectivity index (χ4v) is 4.91. The zero-order valence-electron chi connectivity index (χ0n) is 17.5. The number of anilines is 1. The fraction of sp³-hybridized carbons (Fsp3) is 0.292. The van der Waals surface area contributed by atoms with Crippen LogP contribution in [0.15, 0.2) is 60.2 Å². The van der Waals surface area contributed by atoms with Crippen molar-refractivity contribution in [1.29, 1.82) is 0 Å². The van der Waals surface area contributed by atoms with Crippen LogP contribution in [0.3, 0.4) is 0 Å². The number of nitrogens with one attached hydrogen (secondary N) is 1. The molecule has 1 aliphatic rings. The first-order valence-electron chi connectivity index (χ1n) is 10.8. The van der Waals surface area contributed by atoms with E-state index in [0.717, 1.165) is 47.8 Å². The predicted molar refractivity (Wildman–Crippen MR) is 125 cm³/mol. The maximum atomic E-state index is 13.7. The molecule has 1 N–H and O–H groups in total. The van der Waals surface area contributed by atoms with Gasteiger partial charge in [-0.05, 0) is 30.9 Å². The number of fused-ring (bicyclic) bond motifs is 1. The number of benzene rings is 1. The molecule has 0 aliphatic carbocycles. The molecule has 1 atom stereocenters. The summed E-state index contributed by atoms with van der Waals surface area (Å²) in [4.78, 5) is 25.9. The Morgan fingerprint density at radius 2 is 2.10 bits per heavy atom. The van der Waals surface area contributed by atoms with Crippen molar-refractivity contribution in [3.05, 3.63) is 71.5 Å². The van der Waals surface area contributed by atoms with Gasteiger partial charge in [0.1, 0.15) is 17.2 Å². The standard InChI is InChI=1S/C24H25N5OS/c1-2-17-10-11-20(25-15-17)26-16-19-9-6-12-28(19)23(30)22-21(18-7-4-3-5-8-18)27-24-29(22)13-14-31-24/h3-5,7-8,10-11,13-15,19H,2,6,9,12,16H2,1H3,(H,25,26)/t19-/m0/s1. The third-order valence-corrected chi connectivity index (χ3v) is 6.66. The molecule has 0 unspecified atom stereocenters. The molecule has 7 heteroatoms. The van der Waals surface area contributed by atoms with Crippen molar-refractivity contribution in [2.45, 2.75) is 32.2 Å². The molecule has 0 radical (unpaired) electrons. The van der Waals surface area contributed by atoms with Crippen LogP contribution >= 0.6 is 11.3 Å². The van der Waals surface area contributed by atoms with E-state index in [2.05, 4.69) is 23.3 Å². The zero-order valence-corrected chi connectivity index (χ0v) is 18.3. The first kappa shape index (κ1) is 19.8. The van der Waals surface area contributed by atoms with Gasteiger partial charge in [0, 0.05) is 42.5 Å². The van der Waals surface area contributed by atoms with Crippen molar-refractivity contribution in [2.24, 2.45) is 0 Å². The number of aromatic nitrogens is 3. The molecular weight excluding hydrogens is 406 g/mol. The number of aryl methyl sites for hydroxylation is 1. The quantitative estimate of drug-likeness (QED) is 0.479. The molecule has 1 fully saturated rings. The SMILES string of the molecule is CCc1ccc(NC[C@@H]2CCCN2C(=O)c2c(-c3ccccc3)nc3sccn23)nc1. The van der Waals surface area contributed by atoms with Gasteiger partial charge in [0.05, 0.1) is 0 Å². The van der Waals surface area contributed by atoms with E-state index in [0.29, 0.717) is 12.2 Å². The summed E-state index contributed by atoms with van der Waals surface area (Å²) in [6.07, 6.45) is 6.82. The largest absolute Gasteiger partial charge is 0.368 e. The highest BCUT2D eigenvalue weighted by Crippen LogP contribution is 2.30. The van der Waals surface area contributed by atoms with Crippen LogP contribution in [0.1, 0.15) is 35.8 Å². The molecular formula is C24H25N5OS. The number of hydrogen-bond donors (Lipinski definition) is 1. The van der Waals surface area contributed by atoms with Gasteiger partial charge in [-0.1, -0.05) is 43.3 Å². The highest BCUT2D eigenvalue weighted by atomic mass is 32.1. The van der Waals surface area contributed by atoms with E-state index in [1.807, 2.05) is 63.5 Å². The van der Waals surface area contributed by atoms with Crippen molar-refractivity contribution >= 4 is 28.0 Å². The number of imidazole rings is 1. The van der Waals surface area contributed by atoms with E-state index < -0.39 is 0 Å². The Morgan fingerprint density at radius 3 is 2.87 bits per heavy atom. The number of likely N-dealkylation sites (tertiary alicyclic amines) is 1. The molecule has 0 saturated carbocycles. The minimum Gasteiger partial charge on any atom is -0.368 e. The minimum atomic E-state index is 0.0448. The molecule has 31 heavy (non-hydrogen) atoms. The van der Waals surface area contributed by atoms with Crippen LogP contribution in [0.25, 0.3) is 16.2 Å². The molecule has 158 valence electrons. The highest BCUT2D eigenvalue weighted by molar-refractivity contribution is 7.15. The summed E-state index contributed by atoms with van der Waals surface area (Å²) in [7, 11) is 0. The Labute approximate surface area is 185 Å². The smallest absolute Gasteiger partial charge is 0.273 e. The molecule has 1 aromatic carbocycles. The molecule has 0 spiro atoms. The summed E-state index contributed by atoms with van der Waals surface area (Å²) in [6, 6.07) is 14.2. The van der Waals surface area contributed by atoms with Gasteiger partial charge in [-0.2, -0.15) is 0 Å². The molecule has 1 amide bonds. The van der Waals surface area contributed by atoms with Crippen LogP contribution in [-0.4, -0.2) is 44.3 Å². The van der Waals surface area contributed by atoms with Crippen molar-refractivity contribution in [3.63, 3.8) is 0 Å². The number of amides is 1. The summed E-state index contributed by atoms with van der Waals surface area (Å²) in [5.74, 6) is 0.898. The zero-order chi connectivity index (χ0) is 21.2. The predicted octanol–water partition coefficient (Wildman–Crippen LogP) is 4.74. The number of carbonyl (C=O) groups excluding carboxylic acids is 1. The Kier molecular flexibility index (Phi) is 5.42. The summed E-state index contributed by atoms with van der Waals surface area (Å²) < 4.78 is 1.93. The van der Waals surface area contributed by atoms with Crippen LogP contribution < -0.4 is 5.32 Å². The van der Waals surface area contributed by atoms with E-state index in [-0.39, 0.29) is 11.9 Å². The van der Waals surface area contributed by atoms with Crippen molar-refractivity contribution in [3.8, 4) is 11.3 Å². The monoisotopic (exact) mass is 431 g/mol. The second kappa shape index (κ2) is 8.51. The van der Waals surface area contributed by atoms with Crippen LogP contribution in [-0.2, 0) is 6.42 Å². The lowest BCUT2D eigenvalue weighted by atomic mass is 10.1. The number of rotatable bonds is 6. The molecule has 3 aromatic heterocycles. The van der Waals surface area contributed by atoms with Crippen LogP contribution in [0.4, 0.5) is 5.82 Å². The molecule has 4 aromatic rings. The Balaban J connectivity index is 1.40. The maximum Gasteiger partial charge on any atom is 0.273 e. The Morgan fingerprint density at radius 1 is 1.23 bits per heavy atom. The highest BCUT2D eigenvalue weighted by Gasteiger charge is 2.33. The molecule has 6 nitrogen and oxygen atoms in total. The second-order valence-electron chi connectivity index (χ2n) is 7.81. The van der Waals surface area contributed by atoms with Gasteiger partial charge in [0.2, 0.25) is 0 Å². The lowest BCUT2D eigenvalue weighted by molar-refractivity contribution is 0.0737. The van der Waals surface area contributed by atoms with Gasteiger partial charge < -0.3 is 10.2 Å². The normalized spacial score (nSPS) is 16.2. The fourth-order valence-electron chi connectivity index (χ4n) is 4.20. The van der Waals surface area contributed by atoms with Gasteiger partial charge in [0.25, 0.3) is 5.91 Å². The van der Waals surface area contributed by atoms with Gasteiger partial charge in [-0.15, -0.1) is 11.3 Å². The van der Waals surface area contributed by atoms with Crippen LogP contribution in [0.5, 0.6) is 0 Å². The van der Waals surface area contributed by atoms with E-state index in [4.69, 9.17) is 4.98 Å². The summed E-state index contributed by atoms with van der Waals surface area (Å²) >= 11 is 1.55. The van der Waals surface area contributed by atoms with E-state index in [9.17, 15) is 4.79 Å². The molecule has 1 saturated heterocycles. The maximum absolute atomic E-state index is 13.7. The van der Waals surface area contributed by atoms with Gasteiger partial charge >= 0.3 is 0 Å². The van der Waals surface area contributed by atoms with Crippen molar-refractivity contribution in [1.82, 2.24) is 19.3 Å². The molecule has 0 bridgehead atoms. The summed E-state index contributed by atoms with van der Waals surface area (Å²) in [5.41, 5.74) is 3.60. The van der Waals surface area contributed by atoms with Gasteiger partial charge in [-0.25, -0.2) is 9.97 Å². The number of carbonyl (C=O) groups is 1. The first-order chi connectivity index (χ1) is 15.2. The lowest BCUT2D eigenvalue weighted by Gasteiger charge is -2.25. The van der Waals surface area contributed by atoms with E-state index in [1.165, 1.54) is 5.56 Å². The van der Waals surface area contributed by atoms with Gasteiger partial charge in [-0.3, -0.25) is 9.20 Å². The first-order valence-corrected chi connectivity index (χ1v) is 11.6. The van der Waals surface area contributed by atoms with Crippen LogP contribution in [0, 0.1) is 0 Å². The number of thiazole rings is 1.